The molecule has 0 aliphatic rings. The van der Waals surface area contributed by atoms with Gasteiger partial charge in [0.25, 0.3) is 0 Å². The highest BCUT2D eigenvalue weighted by Crippen LogP contribution is 2.22. The SMILES string of the molecule is CCCCn1c(CN(CCc2c(F)cccc2F)Cc2ccccc2)cnc1-c1ccccc1. The molecule has 0 saturated heterocycles. The van der Waals surface area contributed by atoms with E-state index < -0.39 is 11.6 Å². The van der Waals surface area contributed by atoms with Crippen LogP contribution in [-0.4, -0.2) is 21.0 Å². The molecular weight excluding hydrogens is 428 g/mol. The molecule has 0 N–H and O–H groups in total. The van der Waals surface area contributed by atoms with Crippen molar-refractivity contribution in [2.45, 2.75) is 45.8 Å². The molecule has 5 heteroatoms. The summed E-state index contributed by atoms with van der Waals surface area (Å²) < 4.78 is 30.8. The molecule has 0 spiro atoms. The van der Waals surface area contributed by atoms with Gasteiger partial charge in [0.1, 0.15) is 17.5 Å². The lowest BCUT2D eigenvalue weighted by atomic mass is 10.1. The Balaban J connectivity index is 1.60. The highest BCUT2D eigenvalue weighted by atomic mass is 19.1. The zero-order valence-electron chi connectivity index (χ0n) is 19.6. The van der Waals surface area contributed by atoms with Crippen LogP contribution in [0.3, 0.4) is 0 Å². The van der Waals surface area contributed by atoms with E-state index in [0.29, 0.717) is 26.1 Å². The van der Waals surface area contributed by atoms with Gasteiger partial charge in [0.05, 0.1) is 11.9 Å². The van der Waals surface area contributed by atoms with Crippen molar-refractivity contribution in [1.82, 2.24) is 14.5 Å². The fraction of sp³-hybridized carbons (Fsp3) is 0.276. The quantitative estimate of drug-likeness (QED) is 0.244. The van der Waals surface area contributed by atoms with E-state index in [9.17, 15) is 8.78 Å². The summed E-state index contributed by atoms with van der Waals surface area (Å²) in [7, 11) is 0. The molecule has 4 aromatic rings. The third-order valence-electron chi connectivity index (χ3n) is 6.08. The van der Waals surface area contributed by atoms with E-state index in [4.69, 9.17) is 4.98 Å². The Labute approximate surface area is 200 Å². The summed E-state index contributed by atoms with van der Waals surface area (Å²) in [6, 6.07) is 24.5. The molecule has 0 bridgehead atoms. The average molecular weight is 460 g/mol. The Bertz CT molecular complexity index is 1150. The van der Waals surface area contributed by atoms with E-state index in [1.54, 1.807) is 0 Å². The van der Waals surface area contributed by atoms with Gasteiger partial charge in [-0.1, -0.05) is 80.1 Å². The van der Waals surface area contributed by atoms with E-state index >= 15 is 0 Å². The zero-order chi connectivity index (χ0) is 23.8. The minimum absolute atomic E-state index is 0.144. The van der Waals surface area contributed by atoms with Crippen LogP contribution in [0, 0.1) is 11.6 Å². The molecule has 0 unspecified atom stereocenters. The van der Waals surface area contributed by atoms with Crippen LogP contribution in [0.25, 0.3) is 11.4 Å². The summed E-state index contributed by atoms with van der Waals surface area (Å²) in [4.78, 5) is 7.01. The Kier molecular flexibility index (Phi) is 8.21. The summed E-state index contributed by atoms with van der Waals surface area (Å²) in [5, 5.41) is 0. The molecule has 0 aliphatic carbocycles. The second-order valence-electron chi connectivity index (χ2n) is 8.59. The molecule has 0 radical (unpaired) electrons. The lowest BCUT2D eigenvalue weighted by Gasteiger charge is -2.24. The minimum Gasteiger partial charge on any atom is -0.327 e. The van der Waals surface area contributed by atoms with E-state index in [1.165, 1.54) is 23.8 Å². The van der Waals surface area contributed by atoms with E-state index in [1.807, 2.05) is 42.6 Å². The van der Waals surface area contributed by atoms with Crippen LogP contribution in [-0.2, 0) is 26.1 Å². The standard InChI is InChI=1S/C29H31F2N3/c1-2-3-18-34-25(20-32-29(34)24-13-8-5-9-14-24)22-33(21-23-11-6-4-7-12-23)19-17-26-27(30)15-10-16-28(26)31/h4-16,20H,2-3,17-19,21-22H2,1H3. The van der Waals surface area contributed by atoms with Gasteiger partial charge in [0.15, 0.2) is 0 Å². The third-order valence-corrected chi connectivity index (χ3v) is 6.08. The van der Waals surface area contributed by atoms with Crippen molar-refractivity contribution in [3.63, 3.8) is 0 Å². The Morgan fingerprint density at radius 3 is 2.18 bits per heavy atom. The summed E-state index contributed by atoms with van der Waals surface area (Å²) in [5.74, 6) is -0.0121. The van der Waals surface area contributed by atoms with Gasteiger partial charge in [-0.3, -0.25) is 4.90 Å². The van der Waals surface area contributed by atoms with Crippen molar-refractivity contribution in [2.75, 3.05) is 6.54 Å². The summed E-state index contributed by atoms with van der Waals surface area (Å²) in [6.45, 7) is 4.94. The normalized spacial score (nSPS) is 11.3. The number of aromatic nitrogens is 2. The van der Waals surface area contributed by atoms with Crippen molar-refractivity contribution in [1.29, 1.82) is 0 Å². The number of hydrogen-bond donors (Lipinski definition) is 0. The molecule has 1 heterocycles. The lowest BCUT2D eigenvalue weighted by molar-refractivity contribution is 0.251. The van der Waals surface area contributed by atoms with Crippen LogP contribution in [0.15, 0.2) is 85.1 Å². The molecule has 3 aromatic carbocycles. The molecule has 0 atom stereocenters. The Hall–Kier alpha value is -3.31. The van der Waals surface area contributed by atoms with Gasteiger partial charge in [0.2, 0.25) is 0 Å². The molecule has 1 aromatic heterocycles. The van der Waals surface area contributed by atoms with Gasteiger partial charge in [-0.15, -0.1) is 0 Å². The van der Waals surface area contributed by atoms with Crippen molar-refractivity contribution < 1.29 is 8.78 Å². The van der Waals surface area contributed by atoms with Crippen molar-refractivity contribution in [3.05, 3.63) is 114 Å². The molecule has 0 fully saturated rings. The van der Waals surface area contributed by atoms with Crippen LogP contribution in [0.2, 0.25) is 0 Å². The first-order chi connectivity index (χ1) is 16.7. The maximum absolute atomic E-state index is 14.3. The van der Waals surface area contributed by atoms with E-state index in [-0.39, 0.29) is 5.56 Å². The van der Waals surface area contributed by atoms with Gasteiger partial charge in [-0.25, -0.2) is 13.8 Å². The molecule has 0 amide bonds. The van der Waals surface area contributed by atoms with E-state index in [0.717, 1.165) is 36.5 Å². The van der Waals surface area contributed by atoms with E-state index in [2.05, 4.69) is 40.7 Å². The first-order valence-electron chi connectivity index (χ1n) is 11.9. The maximum Gasteiger partial charge on any atom is 0.140 e. The number of unbranched alkanes of at least 4 members (excludes halogenated alkanes) is 1. The fourth-order valence-corrected chi connectivity index (χ4v) is 4.25. The molecular formula is C29H31F2N3. The molecule has 0 saturated carbocycles. The Morgan fingerprint density at radius 1 is 0.824 bits per heavy atom. The van der Waals surface area contributed by atoms with Crippen molar-refractivity contribution in [2.24, 2.45) is 0 Å². The zero-order valence-corrected chi connectivity index (χ0v) is 19.6. The summed E-state index contributed by atoms with van der Waals surface area (Å²) >= 11 is 0. The largest absolute Gasteiger partial charge is 0.327 e. The fourth-order valence-electron chi connectivity index (χ4n) is 4.25. The summed E-state index contributed by atoms with van der Waals surface area (Å²) in [6.07, 6.45) is 4.40. The molecule has 3 nitrogen and oxygen atoms in total. The third kappa shape index (κ3) is 5.97. The van der Waals surface area contributed by atoms with Gasteiger partial charge in [-0.05, 0) is 30.5 Å². The predicted molar refractivity (Wildman–Crippen MR) is 133 cm³/mol. The first-order valence-corrected chi connectivity index (χ1v) is 11.9. The highest BCUT2D eigenvalue weighted by Gasteiger charge is 2.17. The highest BCUT2D eigenvalue weighted by molar-refractivity contribution is 5.55. The van der Waals surface area contributed by atoms with Crippen LogP contribution < -0.4 is 0 Å². The number of imidazole rings is 1. The van der Waals surface area contributed by atoms with Crippen molar-refractivity contribution >= 4 is 0 Å². The van der Waals surface area contributed by atoms with Crippen LogP contribution >= 0.6 is 0 Å². The van der Waals surface area contributed by atoms with Gasteiger partial charge >= 0.3 is 0 Å². The number of hydrogen-bond acceptors (Lipinski definition) is 2. The molecule has 34 heavy (non-hydrogen) atoms. The van der Waals surface area contributed by atoms with Gasteiger partial charge in [-0.2, -0.15) is 0 Å². The number of rotatable bonds is 11. The molecule has 0 aliphatic heterocycles. The van der Waals surface area contributed by atoms with Crippen LogP contribution in [0.4, 0.5) is 8.78 Å². The smallest absolute Gasteiger partial charge is 0.140 e. The van der Waals surface area contributed by atoms with Crippen LogP contribution in [0.1, 0.15) is 36.6 Å². The summed E-state index contributed by atoms with van der Waals surface area (Å²) in [5.41, 5.74) is 3.51. The minimum atomic E-state index is -0.487. The Morgan fingerprint density at radius 2 is 1.50 bits per heavy atom. The second kappa shape index (κ2) is 11.7. The monoisotopic (exact) mass is 459 g/mol. The number of halogens is 2. The topological polar surface area (TPSA) is 21.1 Å². The molecule has 4 rings (SSSR count). The van der Waals surface area contributed by atoms with Gasteiger partial charge in [0, 0.05) is 37.3 Å². The lowest BCUT2D eigenvalue weighted by Crippen LogP contribution is -2.27. The van der Waals surface area contributed by atoms with Crippen molar-refractivity contribution in [3.8, 4) is 11.4 Å². The first kappa shape index (κ1) is 23.8. The number of benzene rings is 3. The molecule has 176 valence electrons. The number of nitrogens with zero attached hydrogens (tertiary/aromatic N) is 3. The average Bonchev–Trinajstić information content (AvgIpc) is 3.25. The second-order valence-corrected chi connectivity index (χ2v) is 8.59. The predicted octanol–water partition coefficient (Wildman–Crippen LogP) is 6.87. The van der Waals surface area contributed by atoms with Crippen LogP contribution in [0.5, 0.6) is 0 Å². The maximum atomic E-state index is 14.3. The van der Waals surface area contributed by atoms with Gasteiger partial charge < -0.3 is 4.57 Å².